The van der Waals surface area contributed by atoms with E-state index < -0.39 is 0 Å². The summed E-state index contributed by atoms with van der Waals surface area (Å²) >= 11 is 1.86. The minimum atomic E-state index is 1.11. The monoisotopic (exact) mass is 729 g/mol. The van der Waals surface area contributed by atoms with Crippen molar-refractivity contribution in [1.82, 2.24) is 0 Å². The smallest absolute Gasteiger partial charge is 0.0555 e. The molecule has 0 fully saturated rings. The van der Waals surface area contributed by atoms with Crippen molar-refractivity contribution in [2.45, 2.75) is 0 Å². The summed E-state index contributed by atoms with van der Waals surface area (Å²) in [5.41, 5.74) is 18.1. The van der Waals surface area contributed by atoms with Gasteiger partial charge < -0.3 is 4.90 Å². The van der Waals surface area contributed by atoms with Crippen molar-refractivity contribution >= 4 is 48.6 Å². The highest BCUT2D eigenvalue weighted by Crippen LogP contribution is 2.52. The Morgan fingerprint density at radius 3 is 1.45 bits per heavy atom. The molecule has 0 radical (unpaired) electrons. The fourth-order valence-electron chi connectivity index (χ4n) is 8.73. The summed E-state index contributed by atoms with van der Waals surface area (Å²) in [4.78, 5) is 2.51. The van der Waals surface area contributed by atoms with Gasteiger partial charge in [0.15, 0.2) is 0 Å². The summed E-state index contributed by atoms with van der Waals surface area (Å²) in [5, 5.41) is 2.54. The number of hydrogen-bond donors (Lipinski definition) is 0. The first kappa shape index (κ1) is 32.4. The average molecular weight is 730 g/mol. The SMILES string of the molecule is c1ccc(-c2ccc(N(c3ccc4c(c3)-c3ccccc3-c3ccccc3-c3ccccc3-4)c3cccc4sc5ccccc5c34)c(-c3ccccc3)c2)cc1. The van der Waals surface area contributed by atoms with Gasteiger partial charge in [-0.2, -0.15) is 0 Å². The van der Waals surface area contributed by atoms with E-state index in [0.29, 0.717) is 0 Å². The van der Waals surface area contributed by atoms with Gasteiger partial charge in [0, 0.05) is 31.4 Å². The first-order valence-corrected chi connectivity index (χ1v) is 20.0. The highest BCUT2D eigenvalue weighted by Gasteiger charge is 2.26. The average Bonchev–Trinajstić information content (AvgIpc) is 3.66. The zero-order valence-corrected chi connectivity index (χ0v) is 31.4. The zero-order valence-electron chi connectivity index (χ0n) is 30.6. The molecule has 1 aromatic heterocycles. The standard InChI is InChI=1S/C54H35NS/c1-3-16-36(17-4-1)38-30-33-50(48(34-38)37-18-5-2-6-19-37)55(51-27-15-29-53-54(51)47-26-13-14-28-52(47)56-53)39-31-32-46-44-24-10-9-22-42(44)40-20-7-8-21-41(40)43-23-11-12-25-45(43)49(46)35-39/h1-35H. The Morgan fingerprint density at radius 1 is 0.286 bits per heavy atom. The van der Waals surface area contributed by atoms with Crippen molar-refractivity contribution in [2.75, 3.05) is 4.90 Å². The van der Waals surface area contributed by atoms with E-state index >= 15 is 0 Å². The molecule has 0 spiro atoms. The molecule has 11 rings (SSSR count). The molecule has 0 atom stereocenters. The summed E-state index contributed by atoms with van der Waals surface area (Å²) in [7, 11) is 0. The lowest BCUT2D eigenvalue weighted by Gasteiger charge is -2.31. The maximum Gasteiger partial charge on any atom is 0.0555 e. The number of anilines is 3. The van der Waals surface area contributed by atoms with E-state index in [9.17, 15) is 0 Å². The normalized spacial score (nSPS) is 11.6. The Morgan fingerprint density at radius 2 is 0.804 bits per heavy atom. The Kier molecular flexibility index (Phi) is 7.75. The van der Waals surface area contributed by atoms with E-state index in [1.807, 2.05) is 11.3 Å². The lowest BCUT2D eigenvalue weighted by atomic mass is 9.81. The van der Waals surface area contributed by atoms with E-state index in [1.165, 1.54) is 86.9 Å². The molecule has 56 heavy (non-hydrogen) atoms. The van der Waals surface area contributed by atoms with Crippen LogP contribution in [-0.2, 0) is 0 Å². The van der Waals surface area contributed by atoms with E-state index in [4.69, 9.17) is 0 Å². The number of fused-ring (bicyclic) bond motifs is 11. The van der Waals surface area contributed by atoms with Gasteiger partial charge in [-0.1, -0.05) is 170 Å². The molecule has 0 aliphatic heterocycles. The third-order valence-electron chi connectivity index (χ3n) is 11.3. The van der Waals surface area contributed by atoms with Crippen molar-refractivity contribution in [1.29, 1.82) is 0 Å². The van der Waals surface area contributed by atoms with Crippen LogP contribution in [0, 0.1) is 0 Å². The highest BCUT2D eigenvalue weighted by atomic mass is 32.1. The van der Waals surface area contributed by atoms with Crippen molar-refractivity contribution < 1.29 is 0 Å². The summed E-state index contributed by atoms with van der Waals surface area (Å²) in [6.07, 6.45) is 0. The van der Waals surface area contributed by atoms with Gasteiger partial charge in [-0.3, -0.25) is 0 Å². The van der Waals surface area contributed by atoms with Crippen LogP contribution >= 0.6 is 11.3 Å². The Labute approximate surface area is 331 Å². The van der Waals surface area contributed by atoms with Gasteiger partial charge in [0.25, 0.3) is 0 Å². The van der Waals surface area contributed by atoms with Gasteiger partial charge in [-0.15, -0.1) is 11.3 Å². The largest absolute Gasteiger partial charge is 0.309 e. The predicted octanol–water partition coefficient (Wildman–Crippen LogP) is 15.8. The third-order valence-corrected chi connectivity index (χ3v) is 12.4. The Balaban J connectivity index is 1.23. The van der Waals surface area contributed by atoms with E-state index in [-0.39, 0.29) is 0 Å². The first-order chi connectivity index (χ1) is 27.8. The molecule has 2 heteroatoms. The second kappa shape index (κ2) is 13.4. The molecule has 1 aliphatic rings. The molecule has 0 unspecified atom stereocenters. The fraction of sp³-hybridized carbons (Fsp3) is 0. The number of hydrogen-bond acceptors (Lipinski definition) is 2. The highest BCUT2D eigenvalue weighted by molar-refractivity contribution is 7.26. The van der Waals surface area contributed by atoms with Crippen LogP contribution < -0.4 is 4.90 Å². The van der Waals surface area contributed by atoms with Gasteiger partial charge in [0.2, 0.25) is 0 Å². The summed E-state index contributed by atoms with van der Waals surface area (Å²) < 4.78 is 2.57. The molecule has 0 amide bonds. The van der Waals surface area contributed by atoms with Crippen LogP contribution in [-0.4, -0.2) is 0 Å². The quantitative estimate of drug-likeness (QED) is 0.170. The topological polar surface area (TPSA) is 3.24 Å². The van der Waals surface area contributed by atoms with Crippen LogP contribution in [0.25, 0.3) is 86.9 Å². The van der Waals surface area contributed by atoms with Gasteiger partial charge in [0.1, 0.15) is 0 Å². The third kappa shape index (κ3) is 5.30. The Bertz CT molecular complexity index is 3080. The van der Waals surface area contributed by atoms with Gasteiger partial charge in [0.05, 0.1) is 11.4 Å². The fourth-order valence-corrected chi connectivity index (χ4v) is 9.85. The molecule has 9 aromatic carbocycles. The van der Waals surface area contributed by atoms with Crippen LogP contribution in [0.3, 0.4) is 0 Å². The predicted molar refractivity (Wildman–Crippen MR) is 240 cm³/mol. The van der Waals surface area contributed by atoms with E-state index in [1.54, 1.807) is 0 Å². The molecular weight excluding hydrogens is 695 g/mol. The van der Waals surface area contributed by atoms with Crippen molar-refractivity contribution in [3.63, 3.8) is 0 Å². The second-order valence-electron chi connectivity index (χ2n) is 14.4. The van der Waals surface area contributed by atoms with Crippen LogP contribution in [0.5, 0.6) is 0 Å². The first-order valence-electron chi connectivity index (χ1n) is 19.2. The van der Waals surface area contributed by atoms with E-state index in [0.717, 1.165) is 17.1 Å². The molecule has 0 bridgehead atoms. The van der Waals surface area contributed by atoms with Crippen LogP contribution in [0.2, 0.25) is 0 Å². The minimum absolute atomic E-state index is 1.11. The molecule has 0 N–H and O–H groups in total. The maximum atomic E-state index is 2.51. The Hall–Kier alpha value is -7.00. The van der Waals surface area contributed by atoms with Gasteiger partial charge >= 0.3 is 0 Å². The maximum absolute atomic E-state index is 2.51. The van der Waals surface area contributed by atoms with Crippen LogP contribution in [0.1, 0.15) is 0 Å². The van der Waals surface area contributed by atoms with E-state index in [2.05, 4.69) is 217 Å². The summed E-state index contributed by atoms with van der Waals surface area (Å²) in [5.74, 6) is 0. The molecular formula is C54H35NS. The lowest BCUT2D eigenvalue weighted by Crippen LogP contribution is -2.12. The molecule has 1 aliphatic carbocycles. The zero-order chi connectivity index (χ0) is 37.0. The number of thiophene rings is 1. The van der Waals surface area contributed by atoms with Crippen molar-refractivity contribution in [3.05, 3.63) is 212 Å². The second-order valence-corrected chi connectivity index (χ2v) is 15.5. The summed E-state index contributed by atoms with van der Waals surface area (Å²) in [6.45, 7) is 0. The molecule has 1 heterocycles. The lowest BCUT2D eigenvalue weighted by molar-refractivity contribution is 1.30. The number of rotatable bonds is 5. The van der Waals surface area contributed by atoms with Crippen LogP contribution in [0.4, 0.5) is 17.1 Å². The molecule has 0 saturated heterocycles. The molecule has 262 valence electrons. The van der Waals surface area contributed by atoms with Crippen LogP contribution in [0.15, 0.2) is 212 Å². The van der Waals surface area contributed by atoms with Crippen molar-refractivity contribution in [2.24, 2.45) is 0 Å². The molecule has 0 saturated carbocycles. The molecule has 10 aromatic rings. The minimum Gasteiger partial charge on any atom is -0.309 e. The van der Waals surface area contributed by atoms with Crippen molar-refractivity contribution in [3.8, 4) is 66.8 Å². The molecule has 1 nitrogen and oxygen atoms in total. The van der Waals surface area contributed by atoms with Gasteiger partial charge in [-0.25, -0.2) is 0 Å². The number of nitrogens with zero attached hydrogens (tertiary/aromatic N) is 1. The number of benzene rings is 9. The summed E-state index contributed by atoms with van der Waals surface area (Å²) in [6, 6.07) is 78.0. The van der Waals surface area contributed by atoms with Gasteiger partial charge in [-0.05, 0) is 104 Å².